The van der Waals surface area contributed by atoms with Crippen molar-refractivity contribution in [2.75, 3.05) is 6.61 Å². The number of furan rings is 1. The van der Waals surface area contributed by atoms with Crippen molar-refractivity contribution in [2.24, 2.45) is 0 Å². The second kappa shape index (κ2) is 9.93. The van der Waals surface area contributed by atoms with E-state index in [1.807, 2.05) is 30.5 Å². The summed E-state index contributed by atoms with van der Waals surface area (Å²) < 4.78 is 12.7. The van der Waals surface area contributed by atoms with E-state index in [1.54, 1.807) is 54.8 Å². The number of aryl methyl sites for hydroxylation is 1. The molecule has 0 bridgehead atoms. The monoisotopic (exact) mass is 475 g/mol. The Balaban J connectivity index is 1.48. The van der Waals surface area contributed by atoms with Gasteiger partial charge in [0.05, 0.1) is 18.4 Å². The minimum atomic E-state index is -0.740. The van der Waals surface area contributed by atoms with Crippen molar-refractivity contribution < 1.29 is 23.5 Å². The highest BCUT2D eigenvalue weighted by atomic mass is 35.5. The maximum absolute atomic E-state index is 12.9. The quantitative estimate of drug-likeness (QED) is 0.242. The maximum atomic E-state index is 12.9. The van der Waals surface area contributed by atoms with E-state index in [1.165, 1.54) is 6.07 Å². The van der Waals surface area contributed by atoms with Gasteiger partial charge in [0.1, 0.15) is 5.76 Å². The van der Waals surface area contributed by atoms with Crippen molar-refractivity contribution in [2.45, 2.75) is 20.4 Å². The summed E-state index contributed by atoms with van der Waals surface area (Å²) in [6.45, 7) is 3.80. The van der Waals surface area contributed by atoms with E-state index in [0.29, 0.717) is 22.7 Å². The van der Waals surface area contributed by atoms with E-state index in [-0.39, 0.29) is 22.7 Å². The molecule has 0 aliphatic rings. The minimum Gasteiger partial charge on any atom is -0.467 e. The van der Waals surface area contributed by atoms with Crippen LogP contribution in [0.3, 0.4) is 0 Å². The highest BCUT2D eigenvalue weighted by molar-refractivity contribution is 6.30. The van der Waals surface area contributed by atoms with Crippen LogP contribution in [-0.2, 0) is 11.3 Å². The fourth-order valence-corrected chi connectivity index (χ4v) is 3.91. The van der Waals surface area contributed by atoms with Gasteiger partial charge in [-0.05, 0) is 62.4 Å². The molecule has 0 unspecified atom stereocenters. The number of Topliss-reactive ketones (excluding diaryl/α,β-unsaturated/α-hetero) is 1. The molecule has 4 rings (SSSR count). The Hall–Kier alpha value is -3.90. The van der Waals surface area contributed by atoms with Crippen LogP contribution in [0.4, 0.5) is 0 Å². The largest absolute Gasteiger partial charge is 0.467 e. The first-order chi connectivity index (χ1) is 16.3. The van der Waals surface area contributed by atoms with E-state index < -0.39 is 12.6 Å². The Morgan fingerprint density at radius 3 is 2.29 bits per heavy atom. The zero-order valence-electron chi connectivity index (χ0n) is 18.7. The van der Waals surface area contributed by atoms with Crippen LogP contribution >= 0.6 is 11.6 Å². The zero-order valence-corrected chi connectivity index (χ0v) is 19.5. The van der Waals surface area contributed by atoms with Crippen LogP contribution in [0.2, 0.25) is 5.02 Å². The average molecular weight is 476 g/mol. The lowest BCUT2D eigenvalue weighted by Crippen LogP contribution is -2.17. The maximum Gasteiger partial charge on any atom is 0.339 e. The van der Waals surface area contributed by atoms with Crippen LogP contribution in [0, 0.1) is 13.8 Å². The summed E-state index contributed by atoms with van der Waals surface area (Å²) in [7, 11) is 0. The highest BCUT2D eigenvalue weighted by Crippen LogP contribution is 2.20. The van der Waals surface area contributed by atoms with E-state index in [9.17, 15) is 14.4 Å². The number of esters is 1. The van der Waals surface area contributed by atoms with Gasteiger partial charge in [-0.25, -0.2) is 4.79 Å². The molecule has 0 saturated carbocycles. The Morgan fingerprint density at radius 2 is 1.62 bits per heavy atom. The molecule has 0 aliphatic carbocycles. The first-order valence-electron chi connectivity index (χ1n) is 10.6. The smallest absolute Gasteiger partial charge is 0.339 e. The molecule has 4 aromatic rings. The molecule has 172 valence electrons. The molecule has 7 heteroatoms. The normalized spacial score (nSPS) is 10.8. The first-order valence-corrected chi connectivity index (χ1v) is 11.0. The van der Waals surface area contributed by atoms with Crippen molar-refractivity contribution in [1.29, 1.82) is 0 Å². The van der Waals surface area contributed by atoms with E-state index in [0.717, 1.165) is 17.1 Å². The minimum absolute atomic E-state index is 0.0959. The van der Waals surface area contributed by atoms with Crippen LogP contribution in [0.1, 0.15) is 53.8 Å². The van der Waals surface area contributed by atoms with E-state index >= 15 is 0 Å². The highest BCUT2D eigenvalue weighted by Gasteiger charge is 2.22. The molecule has 0 atom stereocenters. The number of nitrogens with zero attached hydrogens (tertiary/aromatic N) is 1. The van der Waals surface area contributed by atoms with Crippen molar-refractivity contribution in [1.82, 2.24) is 4.57 Å². The fourth-order valence-electron chi connectivity index (χ4n) is 3.79. The van der Waals surface area contributed by atoms with Crippen molar-refractivity contribution in [3.63, 3.8) is 0 Å². The molecule has 0 amide bonds. The van der Waals surface area contributed by atoms with Gasteiger partial charge in [-0.3, -0.25) is 9.59 Å². The molecule has 2 aromatic carbocycles. The molecule has 0 fully saturated rings. The lowest BCUT2D eigenvalue weighted by molar-refractivity contribution is 0.0472. The van der Waals surface area contributed by atoms with Gasteiger partial charge in [0, 0.05) is 33.1 Å². The van der Waals surface area contributed by atoms with Gasteiger partial charge in [0.25, 0.3) is 0 Å². The number of hydrogen-bond donors (Lipinski definition) is 0. The number of ether oxygens (including phenoxy) is 1. The third-order valence-corrected chi connectivity index (χ3v) is 5.85. The van der Waals surface area contributed by atoms with E-state index in [4.69, 9.17) is 20.8 Å². The van der Waals surface area contributed by atoms with Gasteiger partial charge < -0.3 is 13.7 Å². The second-order valence-corrected chi connectivity index (χ2v) is 8.27. The summed E-state index contributed by atoms with van der Waals surface area (Å²) in [5, 5.41) is 0.506. The molecule has 34 heavy (non-hydrogen) atoms. The number of hydrogen-bond acceptors (Lipinski definition) is 5. The second-order valence-electron chi connectivity index (χ2n) is 7.83. The van der Waals surface area contributed by atoms with Gasteiger partial charge in [-0.1, -0.05) is 29.8 Å². The number of carbonyl (C=O) groups is 3. The molecule has 0 saturated heterocycles. The summed E-state index contributed by atoms with van der Waals surface area (Å²) in [6.07, 6.45) is 1.60. The van der Waals surface area contributed by atoms with Crippen molar-refractivity contribution in [3.05, 3.63) is 117 Å². The van der Waals surface area contributed by atoms with Gasteiger partial charge in [-0.15, -0.1) is 0 Å². The lowest BCUT2D eigenvalue weighted by Gasteiger charge is -2.10. The SMILES string of the molecule is Cc1cc(C(=O)COC(=O)c2ccccc2C(=O)c2ccc(Cl)cc2)c(C)n1Cc1ccco1. The van der Waals surface area contributed by atoms with Crippen LogP contribution in [0.5, 0.6) is 0 Å². The van der Waals surface area contributed by atoms with Crippen LogP contribution in [-0.4, -0.2) is 28.7 Å². The number of benzene rings is 2. The van der Waals surface area contributed by atoms with Gasteiger partial charge in [0.2, 0.25) is 5.78 Å². The molecule has 0 N–H and O–H groups in total. The molecule has 2 heterocycles. The number of halogens is 1. The molecular formula is C27H22ClNO5. The molecule has 0 radical (unpaired) electrons. The number of ketones is 2. The summed E-state index contributed by atoms with van der Waals surface area (Å²) in [5.74, 6) is -0.629. The fraction of sp³-hybridized carbons (Fsp3) is 0.148. The van der Waals surface area contributed by atoms with Crippen LogP contribution in [0.15, 0.2) is 77.4 Å². The third-order valence-electron chi connectivity index (χ3n) is 5.60. The Morgan fingerprint density at radius 1 is 0.912 bits per heavy atom. The predicted molar refractivity (Wildman–Crippen MR) is 128 cm³/mol. The molecule has 0 aliphatic heterocycles. The van der Waals surface area contributed by atoms with Gasteiger partial charge in [-0.2, -0.15) is 0 Å². The summed E-state index contributed by atoms with van der Waals surface area (Å²) >= 11 is 5.90. The molecular weight excluding hydrogens is 454 g/mol. The third kappa shape index (κ3) is 4.87. The van der Waals surface area contributed by atoms with Crippen LogP contribution in [0.25, 0.3) is 0 Å². The van der Waals surface area contributed by atoms with Gasteiger partial charge >= 0.3 is 5.97 Å². The summed E-state index contributed by atoms with van der Waals surface area (Å²) in [5.41, 5.74) is 2.81. The lowest BCUT2D eigenvalue weighted by atomic mass is 9.98. The Kier molecular flexibility index (Phi) is 6.80. The Bertz CT molecular complexity index is 1350. The number of carbonyl (C=O) groups excluding carboxylic acids is 3. The van der Waals surface area contributed by atoms with Gasteiger partial charge in [0.15, 0.2) is 12.4 Å². The molecule has 6 nitrogen and oxygen atoms in total. The Labute approximate surface area is 201 Å². The van der Waals surface area contributed by atoms with Crippen molar-refractivity contribution in [3.8, 4) is 0 Å². The first kappa shape index (κ1) is 23.3. The summed E-state index contributed by atoms with van der Waals surface area (Å²) in [6, 6.07) is 18.2. The standard InChI is InChI=1S/C27H22ClNO5/c1-17-14-24(18(2)29(17)15-21-6-5-13-33-21)25(30)16-34-27(32)23-8-4-3-7-22(23)26(31)19-9-11-20(28)12-10-19/h3-14H,15-16H2,1-2H3. The molecule has 0 spiro atoms. The number of rotatable bonds is 8. The zero-order chi connectivity index (χ0) is 24.2. The van der Waals surface area contributed by atoms with Crippen LogP contribution < -0.4 is 0 Å². The number of aromatic nitrogens is 1. The molecule has 2 aromatic heterocycles. The average Bonchev–Trinajstić information content (AvgIpc) is 3.46. The predicted octanol–water partition coefficient (Wildman–Crippen LogP) is 5.67. The van der Waals surface area contributed by atoms with Crippen molar-refractivity contribution >= 4 is 29.1 Å². The summed E-state index contributed by atoms with van der Waals surface area (Å²) in [4.78, 5) is 38.6. The topological polar surface area (TPSA) is 78.5 Å². The van der Waals surface area contributed by atoms with E-state index in [2.05, 4.69) is 0 Å².